The van der Waals surface area contributed by atoms with E-state index in [0.717, 1.165) is 10.2 Å². The number of aromatic nitrogens is 2. The molecule has 0 aliphatic rings. The summed E-state index contributed by atoms with van der Waals surface area (Å²) in [5.74, 6) is -0.944. The summed E-state index contributed by atoms with van der Waals surface area (Å²) in [4.78, 5) is 36.6. The number of anilines is 2. The van der Waals surface area contributed by atoms with Gasteiger partial charge in [-0.2, -0.15) is 5.10 Å². The largest absolute Gasteiger partial charge is 0.324 e. The first kappa shape index (κ1) is 19.3. The number of carbonyl (C=O) groups is 2. The highest BCUT2D eigenvalue weighted by Gasteiger charge is 2.12. The van der Waals surface area contributed by atoms with E-state index < -0.39 is 17.4 Å². The zero-order chi connectivity index (χ0) is 20.1. The van der Waals surface area contributed by atoms with Crippen LogP contribution in [0.15, 0.2) is 65.5 Å². The summed E-state index contributed by atoms with van der Waals surface area (Å²) in [5.41, 5.74) is 1.70. The molecule has 2 aromatic carbocycles. The molecule has 0 atom stereocenters. The molecule has 0 aliphatic heterocycles. The lowest BCUT2D eigenvalue weighted by Crippen LogP contribution is -2.31. The fourth-order valence-corrected chi connectivity index (χ4v) is 2.61. The Morgan fingerprint density at radius 1 is 1.00 bits per heavy atom. The van der Waals surface area contributed by atoms with Gasteiger partial charge in [-0.15, -0.1) is 0 Å². The zero-order valence-corrected chi connectivity index (χ0v) is 15.7. The first-order valence-electron chi connectivity index (χ1n) is 8.42. The lowest BCUT2D eigenvalue weighted by Gasteiger charge is -2.09. The van der Waals surface area contributed by atoms with E-state index in [4.69, 9.17) is 11.6 Å². The minimum Gasteiger partial charge on any atom is -0.324 e. The van der Waals surface area contributed by atoms with Crippen molar-refractivity contribution in [2.45, 2.75) is 13.5 Å². The van der Waals surface area contributed by atoms with E-state index in [0.29, 0.717) is 16.4 Å². The Morgan fingerprint density at radius 2 is 1.75 bits per heavy atom. The van der Waals surface area contributed by atoms with Crippen molar-refractivity contribution in [3.05, 3.63) is 87.3 Å². The number of rotatable bonds is 5. The normalized spacial score (nSPS) is 10.4. The molecule has 0 spiro atoms. The molecule has 1 aromatic heterocycles. The smallest absolute Gasteiger partial charge is 0.276 e. The molecule has 8 heteroatoms. The lowest BCUT2D eigenvalue weighted by atomic mass is 10.2. The Morgan fingerprint density at radius 3 is 2.46 bits per heavy atom. The third kappa shape index (κ3) is 5.05. The van der Waals surface area contributed by atoms with E-state index in [1.54, 1.807) is 36.4 Å². The highest BCUT2D eigenvalue weighted by atomic mass is 35.5. The third-order valence-corrected chi connectivity index (χ3v) is 4.05. The van der Waals surface area contributed by atoms with Crippen LogP contribution in [-0.2, 0) is 11.3 Å². The molecule has 3 rings (SSSR count). The number of hydrogen-bond acceptors (Lipinski definition) is 4. The molecule has 0 bridgehead atoms. The minimum atomic E-state index is -0.492. The van der Waals surface area contributed by atoms with Gasteiger partial charge in [-0.1, -0.05) is 35.4 Å². The summed E-state index contributed by atoms with van der Waals surface area (Å²) in [5, 5.41) is 9.79. The summed E-state index contributed by atoms with van der Waals surface area (Å²) >= 11 is 5.88. The van der Waals surface area contributed by atoms with Crippen molar-refractivity contribution in [1.29, 1.82) is 0 Å². The Bertz CT molecular complexity index is 1080. The van der Waals surface area contributed by atoms with E-state index in [9.17, 15) is 14.4 Å². The molecular weight excluding hydrogens is 380 g/mol. The highest BCUT2D eigenvalue weighted by molar-refractivity contribution is 6.30. The number of benzene rings is 2. The molecule has 7 nitrogen and oxygen atoms in total. The molecule has 0 aliphatic carbocycles. The average Bonchev–Trinajstić information content (AvgIpc) is 2.65. The predicted octanol–water partition coefficient (Wildman–Crippen LogP) is 3.10. The highest BCUT2D eigenvalue weighted by Crippen LogP contribution is 2.14. The molecule has 0 unspecified atom stereocenters. The average molecular weight is 397 g/mol. The van der Waals surface area contributed by atoms with Crippen LogP contribution < -0.4 is 16.2 Å². The number of aryl methyl sites for hydroxylation is 1. The lowest BCUT2D eigenvalue weighted by molar-refractivity contribution is -0.117. The second-order valence-corrected chi connectivity index (χ2v) is 6.53. The van der Waals surface area contributed by atoms with Crippen molar-refractivity contribution >= 4 is 34.8 Å². The van der Waals surface area contributed by atoms with Crippen LogP contribution in [0.5, 0.6) is 0 Å². The van der Waals surface area contributed by atoms with Gasteiger partial charge in [0.25, 0.3) is 11.5 Å². The minimum absolute atomic E-state index is 0.0238. The van der Waals surface area contributed by atoms with Crippen LogP contribution in [-0.4, -0.2) is 21.6 Å². The van der Waals surface area contributed by atoms with Crippen LogP contribution in [0.3, 0.4) is 0 Å². The van der Waals surface area contributed by atoms with Crippen molar-refractivity contribution in [3.8, 4) is 0 Å². The van der Waals surface area contributed by atoms with Gasteiger partial charge in [0.05, 0.1) is 0 Å². The quantitative estimate of drug-likeness (QED) is 0.693. The summed E-state index contributed by atoms with van der Waals surface area (Å²) in [6.45, 7) is 1.61. The summed E-state index contributed by atoms with van der Waals surface area (Å²) in [6.07, 6.45) is 0. The van der Waals surface area contributed by atoms with Crippen LogP contribution in [0.4, 0.5) is 11.4 Å². The van der Waals surface area contributed by atoms with Gasteiger partial charge in [0.15, 0.2) is 0 Å². The van der Waals surface area contributed by atoms with Crippen molar-refractivity contribution in [1.82, 2.24) is 9.78 Å². The van der Waals surface area contributed by atoms with Gasteiger partial charge in [-0.3, -0.25) is 14.4 Å². The van der Waals surface area contributed by atoms with Gasteiger partial charge >= 0.3 is 0 Å². The molecular formula is C20H17ClN4O3. The van der Waals surface area contributed by atoms with Crippen molar-refractivity contribution in [2.24, 2.45) is 0 Å². The monoisotopic (exact) mass is 396 g/mol. The molecule has 2 N–H and O–H groups in total. The number of halogens is 1. The van der Waals surface area contributed by atoms with E-state index >= 15 is 0 Å². The maximum atomic E-state index is 12.4. The van der Waals surface area contributed by atoms with Crippen LogP contribution in [0, 0.1) is 6.92 Å². The van der Waals surface area contributed by atoms with E-state index in [1.807, 2.05) is 19.1 Å². The van der Waals surface area contributed by atoms with E-state index in [-0.39, 0.29) is 12.2 Å². The molecule has 0 saturated carbocycles. The van der Waals surface area contributed by atoms with Crippen molar-refractivity contribution < 1.29 is 9.59 Å². The number of amides is 2. The van der Waals surface area contributed by atoms with Crippen molar-refractivity contribution in [3.63, 3.8) is 0 Å². The molecule has 28 heavy (non-hydrogen) atoms. The fraction of sp³-hybridized carbons (Fsp3) is 0.100. The first-order chi connectivity index (χ1) is 13.4. The predicted molar refractivity (Wildman–Crippen MR) is 108 cm³/mol. The summed E-state index contributed by atoms with van der Waals surface area (Å²) < 4.78 is 0.934. The number of hydrogen-bond donors (Lipinski definition) is 2. The second kappa shape index (κ2) is 8.49. The maximum absolute atomic E-state index is 12.4. The zero-order valence-electron chi connectivity index (χ0n) is 15.0. The van der Waals surface area contributed by atoms with Gasteiger partial charge in [0, 0.05) is 22.5 Å². The molecule has 142 valence electrons. The first-order valence-corrected chi connectivity index (χ1v) is 8.80. The topological polar surface area (TPSA) is 93.1 Å². The number of carbonyl (C=O) groups excluding carboxylic acids is 2. The number of nitrogens with zero attached hydrogens (tertiary/aromatic N) is 2. The van der Waals surface area contributed by atoms with Crippen LogP contribution in [0.25, 0.3) is 0 Å². The number of nitrogens with one attached hydrogen (secondary N) is 2. The van der Waals surface area contributed by atoms with Crippen molar-refractivity contribution in [2.75, 3.05) is 10.6 Å². The maximum Gasteiger partial charge on any atom is 0.276 e. The van der Waals surface area contributed by atoms with Gasteiger partial charge in [-0.25, -0.2) is 4.68 Å². The van der Waals surface area contributed by atoms with Gasteiger partial charge in [-0.05, 0) is 43.3 Å². The standard InChI is InChI=1S/C20H17ClN4O3/c1-13-5-7-15(8-6-13)23-20(28)17-9-10-19(27)25(24-17)12-18(26)22-16-4-2-3-14(21)11-16/h2-11H,12H2,1H3,(H,22,26)(H,23,28). The van der Waals surface area contributed by atoms with E-state index in [1.165, 1.54) is 12.1 Å². The van der Waals surface area contributed by atoms with Gasteiger partial charge in [0.2, 0.25) is 5.91 Å². The van der Waals surface area contributed by atoms with Crippen LogP contribution >= 0.6 is 11.6 Å². The van der Waals surface area contributed by atoms with E-state index in [2.05, 4.69) is 15.7 Å². The van der Waals surface area contributed by atoms with Gasteiger partial charge < -0.3 is 10.6 Å². The molecule has 1 heterocycles. The Hall–Kier alpha value is -3.45. The second-order valence-electron chi connectivity index (χ2n) is 6.09. The molecule has 0 fully saturated rings. The summed E-state index contributed by atoms with van der Waals surface area (Å²) in [6, 6.07) is 16.4. The molecule has 2 amide bonds. The fourth-order valence-electron chi connectivity index (χ4n) is 2.42. The van der Waals surface area contributed by atoms with Gasteiger partial charge in [0.1, 0.15) is 12.2 Å². The Balaban J connectivity index is 1.71. The SMILES string of the molecule is Cc1ccc(NC(=O)c2ccc(=O)n(CC(=O)Nc3cccc(Cl)c3)n2)cc1. The molecule has 0 radical (unpaired) electrons. The van der Waals surface area contributed by atoms with Crippen LogP contribution in [0.2, 0.25) is 5.02 Å². The molecule has 3 aromatic rings. The Labute approximate surface area is 166 Å². The third-order valence-electron chi connectivity index (χ3n) is 3.81. The molecule has 0 saturated heterocycles. The van der Waals surface area contributed by atoms with Crippen LogP contribution in [0.1, 0.15) is 16.1 Å². The summed E-state index contributed by atoms with van der Waals surface area (Å²) in [7, 11) is 0. The Kier molecular flexibility index (Phi) is 5.86.